The molecule has 0 aliphatic heterocycles. The van der Waals surface area contributed by atoms with Crippen LogP contribution in [0.15, 0.2) is 54.0 Å². The molecule has 0 unspecified atom stereocenters. The van der Waals surface area contributed by atoms with E-state index in [-0.39, 0.29) is 5.56 Å². The molecule has 1 amide bonds. The summed E-state index contributed by atoms with van der Waals surface area (Å²) in [5, 5.41) is 5.69. The second kappa shape index (κ2) is 7.43. The molecule has 0 spiro atoms. The highest BCUT2D eigenvalue weighted by Crippen LogP contribution is 2.41. The third kappa shape index (κ3) is 3.52. The first kappa shape index (κ1) is 18.0. The van der Waals surface area contributed by atoms with Gasteiger partial charge in [0.1, 0.15) is 23.6 Å². The summed E-state index contributed by atoms with van der Waals surface area (Å²) in [6.07, 6.45) is 9.97. The molecule has 0 saturated heterocycles. The van der Waals surface area contributed by atoms with Crippen LogP contribution in [0.25, 0.3) is 16.8 Å². The van der Waals surface area contributed by atoms with Crippen LogP contribution in [-0.4, -0.2) is 30.7 Å². The van der Waals surface area contributed by atoms with Crippen molar-refractivity contribution in [2.45, 2.75) is 25.3 Å². The van der Waals surface area contributed by atoms with Gasteiger partial charge in [-0.25, -0.2) is 15.0 Å². The number of aromatic nitrogens is 5. The van der Waals surface area contributed by atoms with Crippen LogP contribution in [0.5, 0.6) is 0 Å². The van der Waals surface area contributed by atoms with E-state index in [0.717, 1.165) is 16.9 Å². The minimum Gasteiger partial charge on any atom is -0.364 e. The number of H-pyrrole nitrogens is 1. The van der Waals surface area contributed by atoms with E-state index in [0.29, 0.717) is 36.1 Å². The van der Waals surface area contributed by atoms with Gasteiger partial charge in [-0.3, -0.25) is 9.59 Å². The Balaban J connectivity index is 1.50. The number of hydrogen-bond donors (Lipinski definition) is 3. The maximum absolute atomic E-state index is 12.4. The van der Waals surface area contributed by atoms with Crippen molar-refractivity contribution in [3.8, 4) is 11.1 Å². The number of carbonyl (C=O) groups excluding carboxylic acids is 1. The molecule has 0 atom stereocenters. The molecule has 9 nitrogen and oxygen atoms in total. The quantitative estimate of drug-likeness (QED) is 0.410. The number of imidazole rings is 1. The van der Waals surface area contributed by atoms with E-state index in [4.69, 9.17) is 4.98 Å². The summed E-state index contributed by atoms with van der Waals surface area (Å²) in [5.41, 5.74) is 4.06. The average Bonchev–Trinajstić information content (AvgIpc) is 3.52. The largest absolute Gasteiger partial charge is 0.364 e. The molecule has 1 fully saturated rings. The number of rotatable bonds is 7. The summed E-state index contributed by atoms with van der Waals surface area (Å²) < 4.78 is 1.99. The Labute approximate surface area is 171 Å². The maximum atomic E-state index is 12.4. The molecular weight excluding hydrogens is 382 g/mol. The molecule has 9 heteroatoms. The Morgan fingerprint density at radius 3 is 2.83 bits per heavy atom. The zero-order valence-corrected chi connectivity index (χ0v) is 16.0. The Kier molecular flexibility index (Phi) is 4.47. The lowest BCUT2D eigenvalue weighted by Crippen LogP contribution is -2.08. The van der Waals surface area contributed by atoms with Crippen LogP contribution in [0.1, 0.15) is 30.0 Å². The van der Waals surface area contributed by atoms with Crippen LogP contribution < -0.4 is 16.2 Å². The Morgan fingerprint density at radius 2 is 2.03 bits per heavy atom. The molecule has 0 bridgehead atoms. The molecule has 1 aliphatic carbocycles. The highest BCUT2D eigenvalue weighted by Gasteiger charge is 2.25. The van der Waals surface area contributed by atoms with Crippen molar-refractivity contribution >= 4 is 23.7 Å². The third-order valence-corrected chi connectivity index (χ3v) is 5.10. The first-order chi connectivity index (χ1) is 14.7. The second-order valence-corrected chi connectivity index (χ2v) is 7.24. The molecule has 150 valence electrons. The molecule has 4 heterocycles. The van der Waals surface area contributed by atoms with E-state index in [2.05, 4.69) is 37.8 Å². The summed E-state index contributed by atoms with van der Waals surface area (Å²) in [7, 11) is 0. The second-order valence-electron chi connectivity index (χ2n) is 7.24. The van der Waals surface area contributed by atoms with Crippen LogP contribution in [-0.2, 0) is 11.3 Å². The summed E-state index contributed by atoms with van der Waals surface area (Å²) in [6, 6.07) is 7.37. The van der Waals surface area contributed by atoms with Gasteiger partial charge in [0.05, 0.1) is 17.8 Å². The fourth-order valence-electron chi connectivity index (χ4n) is 3.50. The topological polar surface area (TPSA) is 117 Å². The number of hydrogen-bond acceptors (Lipinski definition) is 6. The van der Waals surface area contributed by atoms with Crippen LogP contribution in [0.4, 0.5) is 11.6 Å². The summed E-state index contributed by atoms with van der Waals surface area (Å²) in [4.78, 5) is 38.6. The van der Waals surface area contributed by atoms with E-state index in [1.807, 2.05) is 22.7 Å². The number of anilines is 2. The molecule has 4 aromatic rings. The number of nitrogens with one attached hydrogen (secondary N) is 3. The van der Waals surface area contributed by atoms with Crippen molar-refractivity contribution in [3.05, 3.63) is 70.8 Å². The van der Waals surface area contributed by atoms with E-state index in [1.165, 1.54) is 24.7 Å². The Hall–Kier alpha value is -4.01. The van der Waals surface area contributed by atoms with E-state index in [1.54, 1.807) is 12.3 Å². The maximum Gasteiger partial charge on any atom is 0.255 e. The molecule has 30 heavy (non-hydrogen) atoms. The first-order valence-electron chi connectivity index (χ1n) is 9.67. The summed E-state index contributed by atoms with van der Waals surface area (Å²) in [5.74, 6) is 1.53. The third-order valence-electron chi connectivity index (χ3n) is 5.10. The van der Waals surface area contributed by atoms with Gasteiger partial charge in [0.25, 0.3) is 5.56 Å². The normalized spacial score (nSPS) is 13.3. The van der Waals surface area contributed by atoms with Crippen LogP contribution in [0, 0.1) is 0 Å². The van der Waals surface area contributed by atoms with Gasteiger partial charge in [-0.2, -0.15) is 0 Å². The van der Waals surface area contributed by atoms with Crippen LogP contribution in [0.3, 0.4) is 0 Å². The molecule has 5 rings (SSSR count). The minimum absolute atomic E-state index is 0.133. The molecule has 1 saturated carbocycles. The standard InChI is InChI=1S/C21H19N7O2/c29-12-26-19-7-18(24-11-25-19)23-8-15-10-28-9-14(13-3-4-13)6-17(20(28)27-15)16-2-1-5-22-21(16)30/h1-2,5-7,9-13H,3-4,8H2,(H,22,30)(H2,23,24,25,26,29). The van der Waals surface area contributed by atoms with Crippen molar-refractivity contribution in [2.24, 2.45) is 0 Å². The highest BCUT2D eigenvalue weighted by molar-refractivity contribution is 5.78. The molecule has 1 aliphatic rings. The number of fused-ring (bicyclic) bond motifs is 1. The molecular formula is C21H19N7O2. The van der Waals surface area contributed by atoms with E-state index >= 15 is 0 Å². The van der Waals surface area contributed by atoms with Gasteiger partial charge in [-0.05, 0) is 42.5 Å². The predicted octanol–water partition coefficient (Wildman–Crippen LogP) is 2.54. The van der Waals surface area contributed by atoms with Crippen molar-refractivity contribution in [3.63, 3.8) is 0 Å². The number of pyridine rings is 2. The van der Waals surface area contributed by atoms with Gasteiger partial charge in [0, 0.05) is 30.2 Å². The predicted molar refractivity (Wildman–Crippen MR) is 112 cm³/mol. The fourth-order valence-corrected chi connectivity index (χ4v) is 3.50. The summed E-state index contributed by atoms with van der Waals surface area (Å²) >= 11 is 0. The van der Waals surface area contributed by atoms with Crippen LogP contribution in [0.2, 0.25) is 0 Å². The van der Waals surface area contributed by atoms with Gasteiger partial charge < -0.3 is 20.0 Å². The Morgan fingerprint density at radius 1 is 1.17 bits per heavy atom. The van der Waals surface area contributed by atoms with Gasteiger partial charge in [0.2, 0.25) is 6.41 Å². The zero-order valence-electron chi connectivity index (χ0n) is 16.0. The van der Waals surface area contributed by atoms with Gasteiger partial charge in [-0.1, -0.05) is 0 Å². The fraction of sp³-hybridized carbons (Fsp3) is 0.190. The number of nitrogens with zero attached hydrogens (tertiary/aromatic N) is 4. The van der Waals surface area contributed by atoms with Crippen molar-refractivity contribution < 1.29 is 4.79 Å². The smallest absolute Gasteiger partial charge is 0.255 e. The number of amides is 1. The van der Waals surface area contributed by atoms with Gasteiger partial charge in [-0.15, -0.1) is 0 Å². The molecule has 0 radical (unpaired) electrons. The zero-order chi connectivity index (χ0) is 20.5. The van der Waals surface area contributed by atoms with E-state index in [9.17, 15) is 9.59 Å². The molecule has 4 aromatic heterocycles. The van der Waals surface area contributed by atoms with E-state index < -0.39 is 0 Å². The lowest BCUT2D eigenvalue weighted by Gasteiger charge is -2.07. The number of aromatic amines is 1. The monoisotopic (exact) mass is 401 g/mol. The van der Waals surface area contributed by atoms with Crippen LogP contribution >= 0.6 is 0 Å². The van der Waals surface area contributed by atoms with Crippen molar-refractivity contribution in [1.82, 2.24) is 24.3 Å². The molecule has 0 aromatic carbocycles. The highest BCUT2D eigenvalue weighted by atomic mass is 16.1. The SMILES string of the molecule is O=CNc1cc(NCc2cn3cc(C4CC4)cc(-c4ccc[nH]c4=O)c3n2)ncn1. The Bertz CT molecular complexity index is 1290. The first-order valence-corrected chi connectivity index (χ1v) is 9.67. The summed E-state index contributed by atoms with van der Waals surface area (Å²) in [6.45, 7) is 0.433. The average molecular weight is 401 g/mol. The minimum atomic E-state index is -0.133. The molecule has 3 N–H and O–H groups in total. The van der Waals surface area contributed by atoms with Gasteiger partial charge >= 0.3 is 0 Å². The van der Waals surface area contributed by atoms with Gasteiger partial charge in [0.15, 0.2) is 0 Å². The lowest BCUT2D eigenvalue weighted by atomic mass is 10.0. The number of carbonyl (C=O) groups is 1. The van der Waals surface area contributed by atoms with Crippen molar-refractivity contribution in [2.75, 3.05) is 10.6 Å². The lowest BCUT2D eigenvalue weighted by molar-refractivity contribution is -0.105. The van der Waals surface area contributed by atoms with Crippen molar-refractivity contribution in [1.29, 1.82) is 0 Å².